The van der Waals surface area contributed by atoms with E-state index in [4.69, 9.17) is 0 Å². The van der Waals surface area contributed by atoms with Crippen molar-refractivity contribution < 1.29 is 14.7 Å². The molecule has 5 aliphatic carbocycles. The van der Waals surface area contributed by atoms with Crippen molar-refractivity contribution in [2.24, 2.45) is 45.8 Å². The van der Waals surface area contributed by atoms with E-state index in [1.165, 1.54) is 32.1 Å². The van der Waals surface area contributed by atoms with E-state index in [2.05, 4.69) is 38.6 Å². The molecular weight excluding hydrogens is 392 g/mol. The number of carboxylic acids is 1. The predicted octanol–water partition coefficient (Wildman–Crippen LogP) is 5.98. The topological polar surface area (TPSA) is 54.4 Å². The molecule has 7 atom stereocenters. The maximum Gasteiger partial charge on any atom is 0.315 e. The Morgan fingerprint density at radius 1 is 1.20 bits per heavy atom. The maximum atomic E-state index is 13.4. The smallest absolute Gasteiger partial charge is 0.315 e. The van der Waals surface area contributed by atoms with Crippen LogP contribution in [-0.4, -0.2) is 28.4 Å². The first-order valence-electron chi connectivity index (χ1n) is 12.4. The molecule has 0 aromatic rings. The lowest BCUT2D eigenvalue weighted by atomic mass is 9.43. The molecule has 4 fully saturated rings. The summed E-state index contributed by atoms with van der Waals surface area (Å²) in [7, 11) is 0. The van der Waals surface area contributed by atoms with Crippen molar-refractivity contribution in [1.82, 2.24) is 0 Å². The highest BCUT2D eigenvalue weighted by molar-refractivity contribution is 7.99. The molecule has 0 amide bonds. The number of carbonyl (C=O) groups is 2. The lowest BCUT2D eigenvalue weighted by Gasteiger charge is -2.58. The second kappa shape index (κ2) is 7.12. The first kappa shape index (κ1) is 21.1. The molecule has 166 valence electrons. The van der Waals surface area contributed by atoms with E-state index in [0.29, 0.717) is 17.1 Å². The third-order valence-electron chi connectivity index (χ3n) is 10.3. The van der Waals surface area contributed by atoms with Crippen LogP contribution in [-0.2, 0) is 9.59 Å². The number of rotatable bonds is 6. The van der Waals surface area contributed by atoms with Gasteiger partial charge in [-0.15, -0.1) is 0 Å². The first-order valence-corrected chi connectivity index (χ1v) is 13.4. The molecule has 4 saturated carbocycles. The van der Waals surface area contributed by atoms with E-state index in [0.717, 1.165) is 43.3 Å². The third-order valence-corrected chi connectivity index (χ3v) is 11.9. The molecule has 0 spiro atoms. The van der Waals surface area contributed by atoms with Gasteiger partial charge in [0.2, 0.25) is 0 Å². The van der Waals surface area contributed by atoms with Crippen LogP contribution in [0.5, 0.6) is 0 Å². The molecule has 3 nitrogen and oxygen atoms in total. The van der Waals surface area contributed by atoms with E-state index in [9.17, 15) is 14.7 Å². The van der Waals surface area contributed by atoms with Gasteiger partial charge in [0.25, 0.3) is 0 Å². The number of fused-ring (bicyclic) bond motifs is 2. The van der Waals surface area contributed by atoms with Crippen LogP contribution < -0.4 is 0 Å². The van der Waals surface area contributed by atoms with Gasteiger partial charge in [0.1, 0.15) is 11.7 Å². The number of aliphatic carboxylic acids is 1. The molecule has 5 aliphatic rings. The van der Waals surface area contributed by atoms with Crippen LogP contribution in [0.25, 0.3) is 0 Å². The van der Waals surface area contributed by atoms with Gasteiger partial charge in [0.05, 0.1) is 5.41 Å². The average Bonchev–Trinajstić information content (AvgIpc) is 3.30. The molecule has 0 aliphatic heterocycles. The van der Waals surface area contributed by atoms with Crippen LogP contribution in [0.4, 0.5) is 0 Å². The Kier molecular flexibility index (Phi) is 5.00. The van der Waals surface area contributed by atoms with Crippen molar-refractivity contribution in [1.29, 1.82) is 0 Å². The van der Waals surface area contributed by atoms with Crippen LogP contribution in [0, 0.1) is 45.8 Å². The quantitative estimate of drug-likeness (QED) is 0.416. The molecule has 4 heteroatoms. The van der Waals surface area contributed by atoms with Gasteiger partial charge < -0.3 is 9.90 Å². The van der Waals surface area contributed by atoms with Crippen LogP contribution in [0.3, 0.4) is 0 Å². The van der Waals surface area contributed by atoms with Crippen molar-refractivity contribution in [3.8, 4) is 0 Å². The summed E-state index contributed by atoms with van der Waals surface area (Å²) in [4.78, 5) is 26.4. The highest BCUT2D eigenvalue weighted by atomic mass is 32.2. The fraction of sp³-hybridized carbons (Fsp3) is 0.846. The summed E-state index contributed by atoms with van der Waals surface area (Å²) < 4.78 is 0. The zero-order chi connectivity index (χ0) is 21.3. The second-order valence-corrected chi connectivity index (χ2v) is 12.8. The van der Waals surface area contributed by atoms with Gasteiger partial charge in [-0.3, -0.25) is 4.79 Å². The van der Waals surface area contributed by atoms with E-state index in [1.807, 2.05) is 0 Å². The van der Waals surface area contributed by atoms with Gasteiger partial charge in [-0.25, -0.2) is 0 Å². The van der Waals surface area contributed by atoms with Crippen molar-refractivity contribution in [3.05, 3.63) is 11.6 Å². The number of carbonyl (C=O) groups excluding carboxylic acids is 1. The Morgan fingerprint density at radius 2 is 1.93 bits per heavy atom. The van der Waals surface area contributed by atoms with Gasteiger partial charge in [0, 0.05) is 16.4 Å². The molecule has 0 radical (unpaired) electrons. The lowest BCUT2D eigenvalue weighted by molar-refractivity contribution is -0.177. The highest BCUT2D eigenvalue weighted by Crippen LogP contribution is 2.83. The van der Waals surface area contributed by atoms with Gasteiger partial charge in [-0.1, -0.05) is 58.1 Å². The van der Waals surface area contributed by atoms with E-state index in [1.54, 1.807) is 0 Å². The van der Waals surface area contributed by atoms with Crippen LogP contribution in [0.1, 0.15) is 78.6 Å². The number of hydrogen-bond donors (Lipinski definition) is 1. The first-order chi connectivity index (χ1) is 14.3. The number of thioether (sulfide) groups is 1. The Bertz CT molecular complexity index is 768. The van der Waals surface area contributed by atoms with Gasteiger partial charge >= 0.3 is 5.97 Å². The fourth-order valence-electron chi connectivity index (χ4n) is 9.13. The summed E-state index contributed by atoms with van der Waals surface area (Å²) in [5.41, 5.74) is -0.867. The van der Waals surface area contributed by atoms with Crippen molar-refractivity contribution in [3.63, 3.8) is 0 Å². The zero-order valence-corrected chi connectivity index (χ0v) is 19.7. The molecule has 6 unspecified atom stereocenters. The van der Waals surface area contributed by atoms with Gasteiger partial charge in [-0.2, -0.15) is 11.8 Å². The Morgan fingerprint density at radius 3 is 2.57 bits per heavy atom. The van der Waals surface area contributed by atoms with Crippen LogP contribution in [0.2, 0.25) is 0 Å². The average molecular weight is 431 g/mol. The minimum Gasteiger partial charge on any atom is -0.481 e. The molecule has 1 N–H and O–H groups in total. The zero-order valence-electron chi connectivity index (χ0n) is 18.9. The number of allylic oxidation sites excluding steroid dienone is 1. The maximum absolute atomic E-state index is 13.4. The van der Waals surface area contributed by atoms with Crippen molar-refractivity contribution >= 4 is 24.0 Å². The van der Waals surface area contributed by atoms with Crippen LogP contribution >= 0.6 is 11.8 Å². The van der Waals surface area contributed by atoms with E-state index >= 15 is 0 Å². The predicted molar refractivity (Wildman–Crippen MR) is 121 cm³/mol. The molecule has 0 aromatic carbocycles. The minimum absolute atomic E-state index is 0.181. The molecule has 0 saturated heterocycles. The van der Waals surface area contributed by atoms with Crippen LogP contribution in [0.15, 0.2) is 11.6 Å². The summed E-state index contributed by atoms with van der Waals surface area (Å²) in [6, 6.07) is 0. The molecule has 0 heterocycles. The summed E-state index contributed by atoms with van der Waals surface area (Å²) in [6.07, 6.45) is 14.0. The summed E-state index contributed by atoms with van der Waals surface area (Å²) in [5.74, 6) is 2.04. The summed E-state index contributed by atoms with van der Waals surface area (Å²) >= 11 is 2.06. The summed E-state index contributed by atoms with van der Waals surface area (Å²) in [6.45, 7) is 6.63. The molecule has 4 bridgehead atoms. The Labute approximate surface area is 185 Å². The Hall–Kier alpha value is -0.770. The lowest BCUT2D eigenvalue weighted by Crippen LogP contribution is -2.63. The number of aldehydes is 1. The molecule has 0 aromatic heterocycles. The third kappa shape index (κ3) is 2.35. The van der Waals surface area contributed by atoms with Gasteiger partial charge in [0.15, 0.2) is 0 Å². The van der Waals surface area contributed by atoms with Crippen molar-refractivity contribution in [2.45, 2.75) is 83.8 Å². The Balaban J connectivity index is 1.64. The molecule has 5 rings (SSSR count). The second-order valence-electron chi connectivity index (χ2n) is 11.6. The van der Waals surface area contributed by atoms with Gasteiger partial charge in [-0.05, 0) is 61.7 Å². The molecule has 30 heavy (non-hydrogen) atoms. The van der Waals surface area contributed by atoms with Crippen molar-refractivity contribution in [2.75, 3.05) is 5.75 Å². The largest absolute Gasteiger partial charge is 0.481 e. The monoisotopic (exact) mass is 430 g/mol. The highest BCUT2D eigenvalue weighted by Gasteiger charge is 2.84. The van der Waals surface area contributed by atoms with E-state index in [-0.39, 0.29) is 23.2 Å². The SMILES string of the molecule is CC(C)C1=CC2CC3(C=O)C4CC[C@@H](C)C4CC2(CSC2CCCCC2)C13C(=O)O. The van der Waals surface area contributed by atoms with E-state index < -0.39 is 16.8 Å². The standard InChI is InChI=1S/C26H38O3S/c1-16(2)22-11-18-12-24(14-27)21-10-9-17(3)20(21)13-25(18,26(22,24)23(28)29)15-30-19-7-5-4-6-8-19/h11,14,16-21H,4-10,12-13,15H2,1-3H3,(H,28,29)/t17-,18?,20?,21?,24?,25?,26?/m1/s1. The minimum atomic E-state index is -0.979. The normalized spacial score (nSPS) is 47.4. The fourth-order valence-corrected chi connectivity index (χ4v) is 10.9. The number of hydrogen-bond acceptors (Lipinski definition) is 3. The molecular formula is C26H38O3S. The number of carboxylic acid groups (broad SMARTS) is 1. The summed E-state index contributed by atoms with van der Waals surface area (Å²) in [5, 5.41) is 11.7.